The summed E-state index contributed by atoms with van der Waals surface area (Å²) in [7, 11) is 0. The lowest BCUT2D eigenvalue weighted by atomic mass is 10.8. The molecule has 0 unspecified atom stereocenters. The lowest BCUT2D eigenvalue weighted by Crippen LogP contribution is -2.13. The summed E-state index contributed by atoms with van der Waals surface area (Å²) in [6, 6.07) is 0. The number of carbonyl (C=O) groups is 1. The van der Waals surface area contributed by atoms with Gasteiger partial charge in [0.15, 0.2) is 0 Å². The normalized spacial score (nSPS) is 9.64. The first kappa shape index (κ1) is 14.2. The van der Waals surface area contributed by atoms with E-state index in [1.807, 2.05) is 13.8 Å². The molecule has 0 radical (unpaired) electrons. The average Bonchev–Trinajstić information content (AvgIpc) is 1.87. The van der Waals surface area contributed by atoms with E-state index >= 15 is 0 Å². The molecular weight excluding hydrogens is 234 g/mol. The average molecular weight is 242 g/mol. The lowest BCUT2D eigenvalue weighted by molar-refractivity contribution is 0.176. The Labute approximate surface area is 85.7 Å². The van der Waals surface area contributed by atoms with Crippen molar-refractivity contribution in [2.75, 3.05) is 6.61 Å². The van der Waals surface area contributed by atoms with Crippen LogP contribution in [0.3, 0.4) is 0 Å². The van der Waals surface area contributed by atoms with Gasteiger partial charge >= 0.3 is 5.43 Å². The highest BCUT2D eigenvalue weighted by atomic mass is 35.6. The summed E-state index contributed by atoms with van der Waals surface area (Å²) >= 11 is 20.3. The van der Waals surface area contributed by atoms with E-state index in [2.05, 4.69) is 4.74 Å². The summed E-state index contributed by atoms with van der Waals surface area (Å²) in [5.74, 6) is 0. The number of alkyl halides is 3. The molecule has 0 rings (SSSR count). The van der Waals surface area contributed by atoms with Crippen molar-refractivity contribution in [3.63, 3.8) is 0 Å². The Morgan fingerprint density at radius 2 is 1.73 bits per heavy atom. The molecule has 6 heteroatoms. The summed E-state index contributed by atoms with van der Waals surface area (Å²) < 4.78 is 2.56. The quantitative estimate of drug-likeness (QED) is 0.516. The van der Waals surface area contributed by atoms with Crippen LogP contribution in [0.15, 0.2) is 0 Å². The van der Waals surface area contributed by atoms with Gasteiger partial charge in [0.2, 0.25) is 3.79 Å². The van der Waals surface area contributed by atoms with Gasteiger partial charge in [0.1, 0.15) is 6.61 Å². The standard InChI is InChI=1S/C3H2Cl4O2.C2H6/c4-2(8)9-1-3(5,6)7;1-2/h1H2;1-2H3. The molecule has 0 aromatic rings. The first-order valence-electron chi connectivity index (χ1n) is 2.81. The van der Waals surface area contributed by atoms with Crippen LogP contribution in [0.1, 0.15) is 13.8 Å². The van der Waals surface area contributed by atoms with Gasteiger partial charge in [-0.3, -0.25) is 0 Å². The predicted octanol–water partition coefficient (Wildman–Crippen LogP) is 3.76. The van der Waals surface area contributed by atoms with Gasteiger partial charge in [-0.2, -0.15) is 0 Å². The zero-order chi connectivity index (χ0) is 9.49. The molecule has 68 valence electrons. The van der Waals surface area contributed by atoms with Gasteiger partial charge in [-0.15, -0.1) is 0 Å². The molecule has 0 aliphatic heterocycles. The molecule has 0 amide bonds. The fourth-order valence-corrected chi connectivity index (χ4v) is 0.357. The molecule has 0 saturated carbocycles. The third kappa shape index (κ3) is 18.0. The molecule has 0 aliphatic rings. The third-order valence-corrected chi connectivity index (χ3v) is 0.786. The summed E-state index contributed by atoms with van der Waals surface area (Å²) in [6.45, 7) is 3.67. The van der Waals surface area contributed by atoms with Crippen LogP contribution in [-0.4, -0.2) is 15.8 Å². The van der Waals surface area contributed by atoms with Gasteiger partial charge in [-0.1, -0.05) is 48.7 Å². The van der Waals surface area contributed by atoms with Crippen molar-refractivity contribution in [2.45, 2.75) is 17.6 Å². The summed E-state index contributed by atoms with van der Waals surface area (Å²) in [6.07, 6.45) is 0. The Bertz CT molecular complexity index is 110. The van der Waals surface area contributed by atoms with Crippen molar-refractivity contribution in [3.8, 4) is 0 Å². The van der Waals surface area contributed by atoms with Crippen LogP contribution in [-0.2, 0) is 4.74 Å². The van der Waals surface area contributed by atoms with Gasteiger partial charge in [-0.05, 0) is 0 Å². The van der Waals surface area contributed by atoms with E-state index in [0.717, 1.165) is 0 Å². The van der Waals surface area contributed by atoms with Crippen molar-refractivity contribution in [2.24, 2.45) is 0 Å². The molecule has 0 spiro atoms. The Morgan fingerprint density at radius 1 is 1.36 bits per heavy atom. The van der Waals surface area contributed by atoms with E-state index in [-0.39, 0.29) is 6.61 Å². The zero-order valence-corrected chi connectivity index (χ0v) is 9.06. The number of halogens is 4. The summed E-state index contributed by atoms with van der Waals surface area (Å²) in [4.78, 5) is 9.86. The molecule has 2 nitrogen and oxygen atoms in total. The van der Waals surface area contributed by atoms with Crippen molar-refractivity contribution in [3.05, 3.63) is 0 Å². The minimum atomic E-state index is -1.58. The fraction of sp³-hybridized carbons (Fsp3) is 0.800. The Hall–Kier alpha value is 0.630. The third-order valence-electron chi connectivity index (χ3n) is 0.349. The zero-order valence-electron chi connectivity index (χ0n) is 6.04. The van der Waals surface area contributed by atoms with E-state index < -0.39 is 9.22 Å². The molecule has 11 heavy (non-hydrogen) atoms. The van der Waals surface area contributed by atoms with E-state index in [0.29, 0.717) is 0 Å². The highest BCUT2D eigenvalue weighted by molar-refractivity contribution is 6.68. The number of rotatable bonds is 1. The molecule has 0 N–H and O–H groups in total. The van der Waals surface area contributed by atoms with Gasteiger partial charge < -0.3 is 4.74 Å². The molecular formula is C5H8Cl4O2. The van der Waals surface area contributed by atoms with Crippen LogP contribution in [0.4, 0.5) is 4.79 Å². The second kappa shape index (κ2) is 7.29. The van der Waals surface area contributed by atoms with Gasteiger partial charge in [-0.25, -0.2) is 4.79 Å². The van der Waals surface area contributed by atoms with Gasteiger partial charge in [0.05, 0.1) is 0 Å². The molecule has 0 fully saturated rings. The summed E-state index contributed by atoms with van der Waals surface area (Å²) in [5.41, 5.74) is -0.985. The molecule has 0 aliphatic carbocycles. The smallest absolute Gasteiger partial charge is 0.403 e. The maximum atomic E-state index is 9.86. The lowest BCUT2D eigenvalue weighted by Gasteiger charge is -2.07. The summed E-state index contributed by atoms with van der Waals surface area (Å²) in [5, 5.41) is 0. The Morgan fingerprint density at radius 3 is 1.82 bits per heavy atom. The van der Waals surface area contributed by atoms with E-state index in [9.17, 15) is 4.79 Å². The van der Waals surface area contributed by atoms with Gasteiger partial charge in [0.25, 0.3) is 0 Å². The van der Waals surface area contributed by atoms with Crippen LogP contribution in [0.5, 0.6) is 0 Å². The van der Waals surface area contributed by atoms with Crippen molar-refractivity contribution in [1.82, 2.24) is 0 Å². The van der Waals surface area contributed by atoms with Crippen LogP contribution in [0.25, 0.3) is 0 Å². The number of carbonyl (C=O) groups excluding carboxylic acids is 1. The maximum Gasteiger partial charge on any atom is 0.403 e. The number of hydrogen-bond donors (Lipinski definition) is 0. The molecule has 0 bridgehead atoms. The highest BCUT2D eigenvalue weighted by Crippen LogP contribution is 2.25. The van der Waals surface area contributed by atoms with Crippen molar-refractivity contribution >= 4 is 51.8 Å². The van der Waals surface area contributed by atoms with E-state index in [4.69, 9.17) is 46.4 Å². The molecule has 0 heterocycles. The Balaban J connectivity index is 0. The second-order valence-corrected chi connectivity index (χ2v) is 3.97. The van der Waals surface area contributed by atoms with E-state index in [1.165, 1.54) is 0 Å². The molecule has 0 aromatic carbocycles. The number of ether oxygens (including phenoxy) is 1. The minimum absolute atomic E-state index is 0.333. The topological polar surface area (TPSA) is 26.3 Å². The second-order valence-electron chi connectivity index (χ2n) is 1.14. The van der Waals surface area contributed by atoms with Gasteiger partial charge in [0, 0.05) is 11.6 Å². The van der Waals surface area contributed by atoms with E-state index in [1.54, 1.807) is 0 Å². The predicted molar refractivity (Wildman–Crippen MR) is 48.8 cm³/mol. The monoisotopic (exact) mass is 240 g/mol. The van der Waals surface area contributed by atoms with Crippen molar-refractivity contribution in [1.29, 1.82) is 0 Å². The highest BCUT2D eigenvalue weighted by Gasteiger charge is 2.21. The van der Waals surface area contributed by atoms with Crippen LogP contribution < -0.4 is 0 Å². The Kier molecular flexibility index (Phi) is 9.39. The maximum absolute atomic E-state index is 9.86. The molecule has 0 saturated heterocycles. The SMILES string of the molecule is CC.O=C(Cl)OCC(Cl)(Cl)Cl. The molecule has 0 aromatic heterocycles. The van der Waals surface area contributed by atoms with Crippen LogP contribution in [0, 0.1) is 0 Å². The first-order chi connectivity index (χ1) is 4.92. The number of hydrogen-bond acceptors (Lipinski definition) is 2. The van der Waals surface area contributed by atoms with Crippen LogP contribution >= 0.6 is 46.4 Å². The van der Waals surface area contributed by atoms with Crippen molar-refractivity contribution < 1.29 is 9.53 Å². The largest absolute Gasteiger partial charge is 0.449 e. The minimum Gasteiger partial charge on any atom is -0.449 e. The first-order valence-corrected chi connectivity index (χ1v) is 4.32. The van der Waals surface area contributed by atoms with Crippen LogP contribution in [0.2, 0.25) is 0 Å². The molecule has 0 atom stereocenters. The fourth-order valence-electron chi connectivity index (χ4n) is 0.139.